The van der Waals surface area contributed by atoms with E-state index in [1.165, 1.54) is 17.6 Å². The second-order valence-electron chi connectivity index (χ2n) is 8.37. The van der Waals surface area contributed by atoms with E-state index in [4.69, 9.17) is 0 Å². The summed E-state index contributed by atoms with van der Waals surface area (Å²) in [6, 6.07) is 22.2. The zero-order valence-electron chi connectivity index (χ0n) is 19.4. The van der Waals surface area contributed by atoms with Crippen molar-refractivity contribution >= 4 is 22.8 Å². The van der Waals surface area contributed by atoms with E-state index >= 15 is 0 Å². The van der Waals surface area contributed by atoms with Gasteiger partial charge in [-0.3, -0.25) is 14.2 Å². The van der Waals surface area contributed by atoms with E-state index in [2.05, 4.69) is 15.3 Å². The molecule has 2 heterocycles. The molecule has 0 saturated heterocycles. The normalized spacial score (nSPS) is 11.1. The number of nitrogens with zero attached hydrogens (tertiary/aromatic N) is 3. The van der Waals surface area contributed by atoms with Crippen LogP contribution < -0.4 is 16.6 Å². The number of imidazole rings is 1. The van der Waals surface area contributed by atoms with Crippen molar-refractivity contribution in [3.05, 3.63) is 122 Å². The number of carbonyl (C=O) groups excluding carboxylic acids is 1. The van der Waals surface area contributed by atoms with Crippen LogP contribution in [0.2, 0.25) is 0 Å². The SMILES string of the molecule is CC(=O)Nc1ccc(Cc2nc3c([nH]2)c(=O)n(Cc2ccccc2F)c(=O)n3-c2ccccc2)cc1. The quantitative estimate of drug-likeness (QED) is 0.385. The molecular weight excluding hydrogens is 461 g/mol. The standard InChI is InChI=1S/C27H22FN5O3/c1-17(34)29-20-13-11-18(12-14-20)15-23-30-24-25(31-23)33(21-8-3-2-4-9-21)27(36)32(26(24)35)16-19-7-5-6-10-22(19)28/h2-14H,15-16H2,1H3,(H,29,34)(H,30,31). The highest BCUT2D eigenvalue weighted by Crippen LogP contribution is 2.17. The lowest BCUT2D eigenvalue weighted by Gasteiger charge is -2.11. The number of anilines is 1. The number of carbonyl (C=O) groups is 1. The minimum Gasteiger partial charge on any atom is -0.336 e. The third kappa shape index (κ3) is 4.46. The Morgan fingerprint density at radius 2 is 1.67 bits per heavy atom. The van der Waals surface area contributed by atoms with Crippen molar-refractivity contribution in [1.82, 2.24) is 19.1 Å². The van der Waals surface area contributed by atoms with Crippen LogP contribution in [-0.2, 0) is 17.8 Å². The molecule has 180 valence electrons. The van der Waals surface area contributed by atoms with Gasteiger partial charge in [0.2, 0.25) is 5.91 Å². The first kappa shape index (κ1) is 23.0. The van der Waals surface area contributed by atoms with Gasteiger partial charge in [-0.05, 0) is 35.9 Å². The predicted molar refractivity (Wildman–Crippen MR) is 135 cm³/mol. The third-order valence-corrected chi connectivity index (χ3v) is 5.77. The smallest absolute Gasteiger partial charge is 0.336 e. The first-order valence-corrected chi connectivity index (χ1v) is 11.3. The molecule has 0 aliphatic heterocycles. The van der Waals surface area contributed by atoms with Crippen molar-refractivity contribution in [3.63, 3.8) is 0 Å². The van der Waals surface area contributed by atoms with Crippen molar-refractivity contribution in [2.75, 3.05) is 5.32 Å². The van der Waals surface area contributed by atoms with Crippen LogP contribution in [-0.4, -0.2) is 25.0 Å². The molecule has 9 heteroatoms. The maximum atomic E-state index is 14.4. The highest BCUT2D eigenvalue weighted by atomic mass is 19.1. The Hall–Kier alpha value is -4.79. The predicted octanol–water partition coefficient (Wildman–Crippen LogP) is 3.61. The number of hydrogen-bond acceptors (Lipinski definition) is 4. The molecule has 36 heavy (non-hydrogen) atoms. The number of aromatic amines is 1. The van der Waals surface area contributed by atoms with Gasteiger partial charge in [-0.2, -0.15) is 0 Å². The summed E-state index contributed by atoms with van der Waals surface area (Å²) in [5.74, 6) is -0.171. The molecule has 0 unspecified atom stereocenters. The molecule has 0 bridgehead atoms. The van der Waals surface area contributed by atoms with Gasteiger partial charge in [-0.1, -0.05) is 48.5 Å². The van der Waals surface area contributed by atoms with Crippen LogP contribution in [0.5, 0.6) is 0 Å². The molecule has 0 radical (unpaired) electrons. The number of aromatic nitrogens is 4. The molecule has 0 atom stereocenters. The minimum atomic E-state index is -0.611. The maximum absolute atomic E-state index is 14.4. The Morgan fingerprint density at radius 3 is 2.36 bits per heavy atom. The van der Waals surface area contributed by atoms with E-state index in [0.717, 1.165) is 10.1 Å². The summed E-state index contributed by atoms with van der Waals surface area (Å²) in [4.78, 5) is 45.8. The van der Waals surface area contributed by atoms with Crippen LogP contribution in [0.15, 0.2) is 88.5 Å². The van der Waals surface area contributed by atoms with Crippen LogP contribution in [0, 0.1) is 5.82 Å². The Kier molecular flexibility index (Phi) is 6.03. The first-order chi connectivity index (χ1) is 17.4. The molecule has 0 aliphatic rings. The summed E-state index contributed by atoms with van der Waals surface area (Å²) in [6.45, 7) is 1.22. The van der Waals surface area contributed by atoms with Crippen molar-refractivity contribution in [3.8, 4) is 5.69 Å². The fourth-order valence-electron chi connectivity index (χ4n) is 4.09. The van der Waals surface area contributed by atoms with Gasteiger partial charge >= 0.3 is 5.69 Å². The Bertz CT molecular complexity index is 1690. The molecule has 0 saturated carbocycles. The van der Waals surface area contributed by atoms with Crippen molar-refractivity contribution < 1.29 is 9.18 Å². The molecule has 0 aliphatic carbocycles. The second-order valence-corrected chi connectivity index (χ2v) is 8.37. The number of benzene rings is 3. The van der Waals surface area contributed by atoms with Gasteiger partial charge in [0.15, 0.2) is 11.2 Å². The van der Waals surface area contributed by atoms with Gasteiger partial charge in [0.1, 0.15) is 11.6 Å². The molecule has 2 N–H and O–H groups in total. The number of para-hydroxylation sites is 1. The summed E-state index contributed by atoms with van der Waals surface area (Å²) in [6.07, 6.45) is 0.366. The first-order valence-electron chi connectivity index (χ1n) is 11.3. The largest absolute Gasteiger partial charge is 0.337 e. The lowest BCUT2D eigenvalue weighted by Crippen LogP contribution is -2.40. The fourth-order valence-corrected chi connectivity index (χ4v) is 4.09. The summed E-state index contributed by atoms with van der Waals surface area (Å²) >= 11 is 0. The van der Waals surface area contributed by atoms with Gasteiger partial charge in [0, 0.05) is 24.6 Å². The van der Waals surface area contributed by atoms with Crippen LogP contribution >= 0.6 is 0 Å². The monoisotopic (exact) mass is 483 g/mol. The fraction of sp³-hybridized carbons (Fsp3) is 0.111. The highest BCUT2D eigenvalue weighted by molar-refractivity contribution is 5.88. The number of halogens is 1. The van der Waals surface area contributed by atoms with E-state index in [0.29, 0.717) is 23.6 Å². The maximum Gasteiger partial charge on any atom is 0.337 e. The van der Waals surface area contributed by atoms with Crippen LogP contribution in [0.4, 0.5) is 10.1 Å². The summed E-state index contributed by atoms with van der Waals surface area (Å²) < 4.78 is 16.7. The van der Waals surface area contributed by atoms with E-state index in [-0.39, 0.29) is 29.2 Å². The zero-order valence-corrected chi connectivity index (χ0v) is 19.4. The zero-order chi connectivity index (χ0) is 25.2. The summed E-state index contributed by atoms with van der Waals surface area (Å²) in [5, 5.41) is 2.72. The molecule has 0 fully saturated rings. The molecular formula is C27H22FN5O3. The Morgan fingerprint density at radius 1 is 0.972 bits per heavy atom. The Balaban J connectivity index is 1.62. The lowest BCUT2D eigenvalue weighted by atomic mass is 10.1. The molecule has 8 nitrogen and oxygen atoms in total. The van der Waals surface area contributed by atoms with Gasteiger partial charge < -0.3 is 10.3 Å². The molecule has 0 spiro atoms. The second kappa shape index (κ2) is 9.46. The van der Waals surface area contributed by atoms with Gasteiger partial charge in [-0.25, -0.2) is 18.7 Å². The summed E-state index contributed by atoms with van der Waals surface area (Å²) in [7, 11) is 0. The average molecular weight is 484 g/mol. The van der Waals surface area contributed by atoms with Gasteiger partial charge in [0.05, 0.1) is 12.2 Å². The lowest BCUT2D eigenvalue weighted by molar-refractivity contribution is -0.114. The number of H-pyrrole nitrogens is 1. The van der Waals surface area contributed by atoms with Crippen molar-refractivity contribution in [2.45, 2.75) is 19.9 Å². The highest BCUT2D eigenvalue weighted by Gasteiger charge is 2.19. The number of rotatable bonds is 6. The minimum absolute atomic E-state index is 0.152. The van der Waals surface area contributed by atoms with Crippen molar-refractivity contribution in [1.29, 1.82) is 0 Å². The number of nitrogens with one attached hydrogen (secondary N) is 2. The topological polar surface area (TPSA) is 102 Å². The third-order valence-electron chi connectivity index (χ3n) is 5.77. The number of hydrogen-bond donors (Lipinski definition) is 2. The van der Waals surface area contributed by atoms with E-state index < -0.39 is 17.1 Å². The molecule has 5 aromatic rings. The molecule has 2 aromatic heterocycles. The Labute approximate surface area is 204 Å². The molecule has 5 rings (SSSR count). The molecule has 3 aromatic carbocycles. The number of amides is 1. The van der Waals surface area contributed by atoms with Gasteiger partial charge in [-0.15, -0.1) is 0 Å². The summed E-state index contributed by atoms with van der Waals surface area (Å²) in [5.41, 5.74) is 1.49. The molecule has 1 amide bonds. The average Bonchev–Trinajstić information content (AvgIpc) is 3.28. The van der Waals surface area contributed by atoms with E-state index in [9.17, 15) is 18.8 Å². The van der Waals surface area contributed by atoms with Crippen LogP contribution in [0.1, 0.15) is 23.9 Å². The van der Waals surface area contributed by atoms with Crippen LogP contribution in [0.3, 0.4) is 0 Å². The number of fused-ring (bicyclic) bond motifs is 1. The van der Waals surface area contributed by atoms with Crippen molar-refractivity contribution in [2.24, 2.45) is 0 Å². The van der Waals surface area contributed by atoms with Gasteiger partial charge in [0.25, 0.3) is 5.56 Å². The van der Waals surface area contributed by atoms with E-state index in [1.54, 1.807) is 54.6 Å². The van der Waals surface area contributed by atoms with E-state index in [1.807, 2.05) is 18.2 Å². The van der Waals surface area contributed by atoms with Crippen LogP contribution in [0.25, 0.3) is 16.9 Å².